The van der Waals surface area contributed by atoms with Crippen molar-refractivity contribution in [1.29, 1.82) is 0 Å². The molecule has 0 N–H and O–H groups in total. The Hall–Kier alpha value is -4.23. The fraction of sp³-hybridized carbons (Fsp3) is 0.353. The summed E-state index contributed by atoms with van der Waals surface area (Å²) in [6, 6.07) is 18.7. The van der Waals surface area contributed by atoms with Crippen LogP contribution in [0.3, 0.4) is 0 Å². The Morgan fingerprint density at radius 3 is 2.61 bits per heavy atom. The molecule has 2 aliphatic rings. The topological polar surface area (TPSA) is 121 Å². The zero-order valence-corrected chi connectivity index (χ0v) is 27.0. The molecule has 4 aromatic rings. The van der Waals surface area contributed by atoms with Gasteiger partial charge in [-0.15, -0.1) is 0 Å². The first-order valence-corrected chi connectivity index (χ1v) is 16.5. The average Bonchev–Trinajstić information content (AvgIpc) is 3.49. The van der Waals surface area contributed by atoms with Gasteiger partial charge in [0.2, 0.25) is 21.8 Å². The van der Waals surface area contributed by atoms with Crippen molar-refractivity contribution >= 4 is 15.9 Å². The second-order valence-corrected chi connectivity index (χ2v) is 13.2. The highest BCUT2D eigenvalue weighted by molar-refractivity contribution is 7.89. The summed E-state index contributed by atoms with van der Waals surface area (Å²) in [5.41, 5.74) is 4.56. The molecule has 46 heavy (non-hydrogen) atoms. The zero-order valence-electron chi connectivity index (χ0n) is 26.2. The molecular formula is C34H37N3O8S. The van der Waals surface area contributed by atoms with Gasteiger partial charge in [-0.1, -0.05) is 30.3 Å². The van der Waals surface area contributed by atoms with E-state index >= 15 is 0 Å². The number of rotatable bonds is 11. The van der Waals surface area contributed by atoms with Gasteiger partial charge in [-0.2, -0.15) is 4.31 Å². The van der Waals surface area contributed by atoms with Crippen LogP contribution in [0.1, 0.15) is 33.7 Å². The van der Waals surface area contributed by atoms with Crippen LogP contribution in [0.25, 0.3) is 11.5 Å². The molecule has 1 amide bonds. The Bertz CT molecular complexity index is 1800. The third-order valence-electron chi connectivity index (χ3n) is 8.13. The van der Waals surface area contributed by atoms with Gasteiger partial charge in [0.25, 0.3) is 0 Å². The fourth-order valence-corrected chi connectivity index (χ4v) is 7.61. The van der Waals surface area contributed by atoms with Crippen LogP contribution in [0.15, 0.2) is 70.0 Å². The van der Waals surface area contributed by atoms with Crippen LogP contribution in [0, 0.1) is 13.8 Å². The number of hydrogen-bond donors (Lipinski definition) is 0. The number of carbonyl (C=O) groups is 1. The van der Waals surface area contributed by atoms with E-state index in [2.05, 4.69) is 4.98 Å². The number of aromatic nitrogens is 1. The van der Waals surface area contributed by atoms with Gasteiger partial charge in [0, 0.05) is 37.2 Å². The average molecular weight is 648 g/mol. The number of amides is 1. The highest BCUT2D eigenvalue weighted by Crippen LogP contribution is 2.31. The van der Waals surface area contributed by atoms with Gasteiger partial charge < -0.3 is 28.3 Å². The molecule has 12 heteroatoms. The van der Waals surface area contributed by atoms with Crippen molar-refractivity contribution in [3.63, 3.8) is 0 Å². The molecule has 0 atom stereocenters. The third kappa shape index (κ3) is 6.80. The molecular weight excluding hydrogens is 610 g/mol. The summed E-state index contributed by atoms with van der Waals surface area (Å²) in [6.07, 6.45) is 0.584. The van der Waals surface area contributed by atoms with Crippen molar-refractivity contribution in [2.24, 2.45) is 0 Å². The van der Waals surface area contributed by atoms with Crippen LogP contribution in [-0.2, 0) is 50.4 Å². The first-order chi connectivity index (χ1) is 22.2. The number of fused-ring (bicyclic) bond motifs is 2. The molecule has 0 radical (unpaired) electrons. The van der Waals surface area contributed by atoms with Gasteiger partial charge >= 0.3 is 0 Å². The minimum Gasteiger partial charge on any atom is -0.497 e. The van der Waals surface area contributed by atoms with Crippen molar-refractivity contribution in [3.8, 4) is 23.0 Å². The number of sulfonamides is 1. The van der Waals surface area contributed by atoms with E-state index in [1.165, 1.54) is 4.31 Å². The van der Waals surface area contributed by atoms with E-state index < -0.39 is 10.0 Å². The number of ether oxygens (including phenoxy) is 4. The van der Waals surface area contributed by atoms with Gasteiger partial charge in [-0.25, -0.2) is 13.4 Å². The highest BCUT2D eigenvalue weighted by atomic mass is 32.2. The molecule has 0 fully saturated rings. The largest absolute Gasteiger partial charge is 0.497 e. The summed E-state index contributed by atoms with van der Waals surface area (Å²) >= 11 is 0. The quantitative estimate of drug-likeness (QED) is 0.215. The predicted octanol–water partition coefficient (Wildman–Crippen LogP) is 4.63. The number of oxazole rings is 1. The van der Waals surface area contributed by atoms with E-state index in [9.17, 15) is 13.2 Å². The van der Waals surface area contributed by atoms with Gasteiger partial charge in [0.05, 0.1) is 37.5 Å². The Morgan fingerprint density at radius 1 is 1.07 bits per heavy atom. The van der Waals surface area contributed by atoms with Gasteiger partial charge in [0.15, 0.2) is 6.79 Å². The monoisotopic (exact) mass is 647 g/mol. The van der Waals surface area contributed by atoms with Crippen LogP contribution in [0.2, 0.25) is 0 Å². The third-order valence-corrected chi connectivity index (χ3v) is 10.3. The normalized spacial score (nSPS) is 14.5. The minimum absolute atomic E-state index is 0.0219. The van der Waals surface area contributed by atoms with Crippen LogP contribution in [-0.4, -0.2) is 68.7 Å². The van der Waals surface area contributed by atoms with Crippen LogP contribution in [0.4, 0.5) is 0 Å². The van der Waals surface area contributed by atoms with Crippen LogP contribution in [0.5, 0.6) is 11.5 Å². The second kappa shape index (κ2) is 13.6. The molecule has 1 aromatic heterocycles. The number of carbonyl (C=O) groups excluding carboxylic acids is 1. The summed E-state index contributed by atoms with van der Waals surface area (Å²) in [5, 5.41) is 0. The molecule has 242 valence electrons. The van der Waals surface area contributed by atoms with E-state index in [-0.39, 0.29) is 43.9 Å². The molecule has 2 aliphatic heterocycles. The minimum atomic E-state index is -3.96. The maximum Gasteiger partial charge on any atom is 0.248 e. The molecule has 3 heterocycles. The maximum atomic E-state index is 14.2. The molecule has 0 saturated heterocycles. The molecule has 0 spiro atoms. The lowest BCUT2D eigenvalue weighted by atomic mass is 10.1. The van der Waals surface area contributed by atoms with Crippen molar-refractivity contribution in [1.82, 2.24) is 14.2 Å². The number of hydrogen-bond acceptors (Lipinski definition) is 9. The Morgan fingerprint density at radius 2 is 1.85 bits per heavy atom. The standard InChI is InChI=1S/C34H37N3O8S/c1-23-15-28(41-3)16-24(2)33(23)46(39,40)37(18-25-9-10-27-20-43-22-44-30(27)17-25)13-14-42-21-32(38)36-12-11-29-31(19-36)45-34(35-29)26-7-5-4-6-8-26/h4-10,15-17H,11-14,18-22H2,1-3H3. The fourth-order valence-electron chi connectivity index (χ4n) is 5.79. The van der Waals surface area contributed by atoms with Gasteiger partial charge in [0.1, 0.15) is 23.9 Å². The number of aryl methyl sites for hydroxylation is 2. The molecule has 0 bridgehead atoms. The van der Waals surface area contributed by atoms with Crippen LogP contribution >= 0.6 is 0 Å². The first kappa shape index (κ1) is 31.7. The van der Waals surface area contributed by atoms with E-state index in [1.807, 2.05) is 48.5 Å². The predicted molar refractivity (Wildman–Crippen MR) is 169 cm³/mol. The highest BCUT2D eigenvalue weighted by Gasteiger charge is 2.30. The molecule has 3 aromatic carbocycles. The van der Waals surface area contributed by atoms with Crippen molar-refractivity contribution in [2.45, 2.75) is 44.9 Å². The summed E-state index contributed by atoms with van der Waals surface area (Å²) in [6.45, 7) is 4.86. The van der Waals surface area contributed by atoms with E-state index in [0.717, 1.165) is 22.4 Å². The lowest BCUT2D eigenvalue weighted by molar-refractivity contribution is -0.137. The van der Waals surface area contributed by atoms with Crippen molar-refractivity contribution in [3.05, 3.63) is 94.4 Å². The summed E-state index contributed by atoms with van der Waals surface area (Å²) < 4.78 is 57.8. The summed E-state index contributed by atoms with van der Waals surface area (Å²) in [7, 11) is -2.42. The molecule has 11 nitrogen and oxygen atoms in total. The number of methoxy groups -OCH3 is 1. The number of benzene rings is 3. The number of nitrogens with zero attached hydrogens (tertiary/aromatic N) is 3. The van der Waals surface area contributed by atoms with Crippen molar-refractivity contribution in [2.75, 3.05) is 40.2 Å². The molecule has 0 unspecified atom stereocenters. The second-order valence-electron chi connectivity index (χ2n) is 11.4. The molecule has 6 rings (SSSR count). The van der Waals surface area contributed by atoms with Crippen molar-refractivity contribution < 1.29 is 36.6 Å². The van der Waals surface area contributed by atoms with Gasteiger partial charge in [-0.05, 0) is 60.9 Å². The molecule has 0 saturated carbocycles. The smallest absolute Gasteiger partial charge is 0.248 e. The van der Waals surface area contributed by atoms with Crippen LogP contribution < -0.4 is 9.47 Å². The first-order valence-electron chi connectivity index (χ1n) is 15.1. The summed E-state index contributed by atoms with van der Waals surface area (Å²) in [5.74, 6) is 2.27. The SMILES string of the molecule is COc1cc(C)c(S(=O)(=O)N(CCOCC(=O)N2CCc3nc(-c4ccccc4)oc3C2)Cc2ccc3c(c2)OCOC3)c(C)c1. The lowest BCUT2D eigenvalue weighted by Crippen LogP contribution is -2.39. The van der Waals surface area contributed by atoms with E-state index in [0.29, 0.717) is 60.4 Å². The van der Waals surface area contributed by atoms with E-state index in [4.69, 9.17) is 23.4 Å². The zero-order chi connectivity index (χ0) is 32.3. The Balaban J connectivity index is 1.13. The Kier molecular flexibility index (Phi) is 9.41. The lowest BCUT2D eigenvalue weighted by Gasteiger charge is -2.26. The molecule has 0 aliphatic carbocycles. The van der Waals surface area contributed by atoms with E-state index in [1.54, 1.807) is 38.0 Å². The van der Waals surface area contributed by atoms with Gasteiger partial charge in [-0.3, -0.25) is 4.79 Å². The maximum absolute atomic E-state index is 14.2. The summed E-state index contributed by atoms with van der Waals surface area (Å²) in [4.78, 5) is 19.6. The Labute approximate surface area is 268 Å².